The molecule has 0 aromatic heterocycles. The molecular weight excluding hydrogens is 146 g/mol. The first-order chi connectivity index (χ1) is 5.74. The summed E-state index contributed by atoms with van der Waals surface area (Å²) in [7, 11) is 0. The van der Waals surface area contributed by atoms with Gasteiger partial charge in [-0.3, -0.25) is 0 Å². The smallest absolute Gasteiger partial charge is 0.0355 e. The number of aryl methyl sites for hydroxylation is 1. The van der Waals surface area contributed by atoms with Crippen LogP contribution in [0.5, 0.6) is 0 Å². The van der Waals surface area contributed by atoms with E-state index in [1.807, 2.05) is 19.1 Å². The summed E-state index contributed by atoms with van der Waals surface area (Å²) >= 11 is 0. The van der Waals surface area contributed by atoms with Crippen LogP contribution in [-0.2, 0) is 6.42 Å². The first-order valence-electron chi connectivity index (χ1n) is 4.38. The second-order valence-electron chi connectivity index (χ2n) is 3.08. The molecule has 0 bridgehead atoms. The summed E-state index contributed by atoms with van der Waals surface area (Å²) in [6.07, 6.45) is 2.28. The van der Waals surface area contributed by atoms with Crippen molar-refractivity contribution in [3.05, 3.63) is 35.4 Å². The molecule has 0 aliphatic rings. The fourth-order valence-electron chi connectivity index (χ4n) is 1.25. The summed E-state index contributed by atoms with van der Waals surface area (Å²) in [5, 5.41) is 7.46. The molecule has 0 spiro atoms. The quantitative estimate of drug-likeness (QED) is 0.659. The third-order valence-corrected chi connectivity index (χ3v) is 1.90. The van der Waals surface area contributed by atoms with Crippen molar-refractivity contribution < 1.29 is 0 Å². The van der Waals surface area contributed by atoms with Gasteiger partial charge in [-0.2, -0.15) is 0 Å². The van der Waals surface area contributed by atoms with E-state index < -0.39 is 0 Å². The summed E-state index contributed by atoms with van der Waals surface area (Å²) in [6.45, 7) is 4.00. The van der Waals surface area contributed by atoms with Gasteiger partial charge in [0.05, 0.1) is 0 Å². The van der Waals surface area contributed by atoms with Crippen LogP contribution < -0.4 is 0 Å². The Bertz CT molecular complexity index is 276. The van der Waals surface area contributed by atoms with Crippen molar-refractivity contribution >= 4 is 5.71 Å². The lowest BCUT2D eigenvalue weighted by atomic mass is 10.0. The molecule has 0 radical (unpaired) electrons. The Kier molecular flexibility index (Phi) is 3.03. The number of benzene rings is 1. The Balaban J connectivity index is 2.88. The Morgan fingerprint density at radius 2 is 2.17 bits per heavy atom. The minimum absolute atomic E-state index is 0.646. The summed E-state index contributed by atoms with van der Waals surface area (Å²) < 4.78 is 0. The molecule has 0 saturated heterocycles. The van der Waals surface area contributed by atoms with Gasteiger partial charge < -0.3 is 5.41 Å². The van der Waals surface area contributed by atoms with Crippen molar-refractivity contribution in [1.29, 1.82) is 5.41 Å². The Morgan fingerprint density at radius 3 is 2.75 bits per heavy atom. The molecular formula is C11H15N. The van der Waals surface area contributed by atoms with Crippen molar-refractivity contribution in [2.45, 2.75) is 26.7 Å². The van der Waals surface area contributed by atoms with E-state index in [4.69, 9.17) is 5.41 Å². The second kappa shape index (κ2) is 4.05. The summed E-state index contributed by atoms with van der Waals surface area (Å²) in [5.41, 5.74) is 3.02. The highest BCUT2D eigenvalue weighted by molar-refractivity contribution is 5.96. The number of hydrogen-bond acceptors (Lipinski definition) is 1. The number of rotatable bonds is 3. The van der Waals surface area contributed by atoms with Gasteiger partial charge in [0.1, 0.15) is 0 Å². The zero-order valence-electron chi connectivity index (χ0n) is 7.72. The highest BCUT2D eigenvalue weighted by atomic mass is 14.4. The fraction of sp³-hybridized carbons (Fsp3) is 0.364. The van der Waals surface area contributed by atoms with E-state index in [1.54, 1.807) is 0 Å². The number of nitrogens with one attached hydrogen (secondary N) is 1. The molecule has 1 aromatic rings. The molecule has 0 saturated carbocycles. The normalized spacial score (nSPS) is 9.83. The average molecular weight is 161 g/mol. The molecule has 0 unspecified atom stereocenters. The molecule has 64 valence electrons. The van der Waals surface area contributed by atoms with Gasteiger partial charge in [-0.25, -0.2) is 0 Å². The molecule has 0 fully saturated rings. The molecule has 0 aliphatic carbocycles. The van der Waals surface area contributed by atoms with Gasteiger partial charge in [0.15, 0.2) is 0 Å². The Hall–Kier alpha value is -1.11. The topological polar surface area (TPSA) is 23.9 Å². The van der Waals surface area contributed by atoms with Gasteiger partial charge in [0, 0.05) is 5.71 Å². The van der Waals surface area contributed by atoms with Crippen LogP contribution in [-0.4, -0.2) is 5.71 Å². The van der Waals surface area contributed by atoms with Crippen molar-refractivity contribution in [2.75, 3.05) is 0 Å². The van der Waals surface area contributed by atoms with E-state index in [9.17, 15) is 0 Å². The second-order valence-corrected chi connectivity index (χ2v) is 3.08. The van der Waals surface area contributed by atoms with Gasteiger partial charge in [0.25, 0.3) is 0 Å². The van der Waals surface area contributed by atoms with Crippen LogP contribution in [0.25, 0.3) is 0 Å². The maximum atomic E-state index is 7.46. The molecule has 0 aliphatic heterocycles. The standard InChI is InChI=1S/C11H15N/c1-3-5-10-6-4-7-11(8-10)9(2)12/h4,6-8,12H,3,5H2,1-2H3. The predicted molar refractivity (Wildman–Crippen MR) is 52.9 cm³/mol. The van der Waals surface area contributed by atoms with Crippen LogP contribution >= 0.6 is 0 Å². The van der Waals surface area contributed by atoms with E-state index in [0.717, 1.165) is 12.0 Å². The summed E-state index contributed by atoms with van der Waals surface area (Å²) in [4.78, 5) is 0. The van der Waals surface area contributed by atoms with Crippen LogP contribution in [0.15, 0.2) is 24.3 Å². The molecule has 0 heterocycles. The third-order valence-electron chi connectivity index (χ3n) is 1.90. The fourth-order valence-corrected chi connectivity index (χ4v) is 1.25. The van der Waals surface area contributed by atoms with Gasteiger partial charge in [-0.05, 0) is 30.5 Å². The van der Waals surface area contributed by atoms with Crippen LogP contribution in [0.1, 0.15) is 31.4 Å². The minimum Gasteiger partial charge on any atom is -0.305 e. The summed E-state index contributed by atoms with van der Waals surface area (Å²) in [6, 6.07) is 8.24. The third kappa shape index (κ3) is 2.19. The molecule has 1 aromatic carbocycles. The number of hydrogen-bond donors (Lipinski definition) is 1. The lowest BCUT2D eigenvalue weighted by Gasteiger charge is -2.01. The van der Waals surface area contributed by atoms with Crippen LogP contribution in [0, 0.1) is 5.41 Å². The van der Waals surface area contributed by atoms with E-state index in [2.05, 4.69) is 19.1 Å². The molecule has 12 heavy (non-hydrogen) atoms. The van der Waals surface area contributed by atoms with Crippen molar-refractivity contribution in [3.63, 3.8) is 0 Å². The maximum Gasteiger partial charge on any atom is 0.0355 e. The average Bonchev–Trinajstić information content (AvgIpc) is 2.05. The molecule has 1 heteroatoms. The van der Waals surface area contributed by atoms with E-state index >= 15 is 0 Å². The first kappa shape index (κ1) is 8.98. The van der Waals surface area contributed by atoms with Crippen LogP contribution in [0.2, 0.25) is 0 Å². The molecule has 1 rings (SSSR count). The molecule has 1 N–H and O–H groups in total. The molecule has 1 nitrogen and oxygen atoms in total. The highest BCUT2D eigenvalue weighted by Crippen LogP contribution is 2.07. The zero-order chi connectivity index (χ0) is 8.97. The largest absolute Gasteiger partial charge is 0.305 e. The van der Waals surface area contributed by atoms with Crippen LogP contribution in [0.4, 0.5) is 0 Å². The maximum absolute atomic E-state index is 7.46. The van der Waals surface area contributed by atoms with E-state index in [1.165, 1.54) is 12.0 Å². The van der Waals surface area contributed by atoms with Crippen molar-refractivity contribution in [1.82, 2.24) is 0 Å². The highest BCUT2D eigenvalue weighted by Gasteiger charge is 1.95. The van der Waals surface area contributed by atoms with Crippen molar-refractivity contribution in [2.24, 2.45) is 0 Å². The van der Waals surface area contributed by atoms with Gasteiger partial charge in [0.2, 0.25) is 0 Å². The Labute approximate surface area is 73.9 Å². The van der Waals surface area contributed by atoms with Gasteiger partial charge in [-0.1, -0.05) is 31.5 Å². The van der Waals surface area contributed by atoms with Gasteiger partial charge >= 0.3 is 0 Å². The molecule has 0 atom stereocenters. The molecule has 0 amide bonds. The first-order valence-corrected chi connectivity index (χ1v) is 4.38. The lowest BCUT2D eigenvalue weighted by molar-refractivity contribution is 0.921. The summed E-state index contributed by atoms with van der Waals surface area (Å²) in [5.74, 6) is 0. The van der Waals surface area contributed by atoms with Crippen LogP contribution in [0.3, 0.4) is 0 Å². The SMILES string of the molecule is CCCc1cccc(C(C)=N)c1. The van der Waals surface area contributed by atoms with Gasteiger partial charge in [-0.15, -0.1) is 0 Å². The monoisotopic (exact) mass is 161 g/mol. The Morgan fingerprint density at radius 1 is 1.42 bits per heavy atom. The lowest BCUT2D eigenvalue weighted by Crippen LogP contribution is -1.93. The predicted octanol–water partition coefficient (Wildman–Crippen LogP) is 3.03. The van der Waals surface area contributed by atoms with E-state index in [0.29, 0.717) is 5.71 Å². The van der Waals surface area contributed by atoms with Crippen molar-refractivity contribution in [3.8, 4) is 0 Å². The minimum atomic E-state index is 0.646. The zero-order valence-corrected chi connectivity index (χ0v) is 7.72. The van der Waals surface area contributed by atoms with E-state index in [-0.39, 0.29) is 0 Å².